The number of carbonyl (C=O) groups excluding carboxylic acids is 1. The zero-order chi connectivity index (χ0) is 16.5. The van der Waals surface area contributed by atoms with Crippen LogP contribution in [0.25, 0.3) is 0 Å². The molecule has 6 heteroatoms. The number of halogens is 2. The second-order valence-electron chi connectivity index (χ2n) is 6.59. The smallest absolute Gasteiger partial charge is 0.241 e. The van der Waals surface area contributed by atoms with Crippen molar-refractivity contribution in [2.75, 3.05) is 6.61 Å². The number of carbonyl (C=O) groups is 1. The van der Waals surface area contributed by atoms with Crippen LogP contribution in [0.3, 0.4) is 0 Å². The fourth-order valence-corrected chi connectivity index (χ4v) is 3.20. The van der Waals surface area contributed by atoms with E-state index < -0.39 is 5.54 Å². The number of nitrogens with two attached hydrogens (primary N) is 1. The fraction of sp³-hybridized carbons (Fsp3) is 0.588. The molecule has 0 radical (unpaired) electrons. The third kappa shape index (κ3) is 3.66. The van der Waals surface area contributed by atoms with E-state index in [1.54, 1.807) is 0 Å². The molecule has 3 atom stereocenters. The Morgan fingerprint density at radius 1 is 1.52 bits per heavy atom. The molecule has 130 valence electrons. The zero-order valence-electron chi connectivity index (χ0n) is 14.1. The predicted molar refractivity (Wildman–Crippen MR) is 96.0 cm³/mol. The van der Waals surface area contributed by atoms with Gasteiger partial charge in [0.15, 0.2) is 0 Å². The third-order valence-electron chi connectivity index (χ3n) is 4.93. The lowest BCUT2D eigenvalue weighted by atomic mass is 9.54. The minimum Gasteiger partial charge on any atom is -0.378 e. The minimum atomic E-state index is -0.903. The SMILES string of the molecule is CCOC1CC(N)(C(=O)N[C@H](C)c2cccc(Cl)c2)C1(C)C.Cl. The number of rotatable bonds is 5. The number of benzene rings is 1. The molecule has 0 spiro atoms. The van der Waals surface area contributed by atoms with Crippen molar-refractivity contribution >= 4 is 29.9 Å². The van der Waals surface area contributed by atoms with Gasteiger partial charge in [0.05, 0.1) is 12.1 Å². The molecule has 1 fully saturated rings. The predicted octanol–water partition coefficient (Wildman–Crippen LogP) is 3.47. The van der Waals surface area contributed by atoms with Crippen LogP contribution in [-0.2, 0) is 9.53 Å². The summed E-state index contributed by atoms with van der Waals surface area (Å²) in [4.78, 5) is 12.7. The Bertz CT molecular complexity index is 565. The van der Waals surface area contributed by atoms with Crippen molar-refractivity contribution in [2.24, 2.45) is 11.1 Å². The molecule has 0 bridgehead atoms. The van der Waals surface area contributed by atoms with Crippen LogP contribution in [0.4, 0.5) is 0 Å². The number of hydrogen-bond acceptors (Lipinski definition) is 3. The van der Waals surface area contributed by atoms with E-state index in [0.29, 0.717) is 18.1 Å². The molecule has 2 unspecified atom stereocenters. The van der Waals surface area contributed by atoms with Gasteiger partial charge < -0.3 is 15.8 Å². The lowest BCUT2D eigenvalue weighted by Gasteiger charge is -2.57. The molecule has 0 aromatic heterocycles. The lowest BCUT2D eigenvalue weighted by Crippen LogP contribution is -2.75. The number of hydrogen-bond donors (Lipinski definition) is 2. The molecule has 1 aliphatic carbocycles. The van der Waals surface area contributed by atoms with E-state index in [-0.39, 0.29) is 35.9 Å². The molecule has 1 saturated carbocycles. The van der Waals surface area contributed by atoms with Crippen LogP contribution in [-0.4, -0.2) is 24.2 Å². The maximum Gasteiger partial charge on any atom is 0.241 e. The lowest BCUT2D eigenvalue weighted by molar-refractivity contribution is -0.171. The first kappa shape index (κ1) is 20.2. The second kappa shape index (κ2) is 7.39. The summed E-state index contributed by atoms with van der Waals surface area (Å²) in [6.07, 6.45) is 0.566. The van der Waals surface area contributed by atoms with Crippen LogP contribution in [0.1, 0.15) is 45.7 Å². The van der Waals surface area contributed by atoms with Crippen molar-refractivity contribution in [3.05, 3.63) is 34.9 Å². The van der Waals surface area contributed by atoms with E-state index in [1.165, 1.54) is 0 Å². The van der Waals surface area contributed by atoms with E-state index in [9.17, 15) is 4.79 Å². The van der Waals surface area contributed by atoms with Crippen LogP contribution >= 0.6 is 24.0 Å². The van der Waals surface area contributed by atoms with Gasteiger partial charge in [-0.1, -0.05) is 37.6 Å². The highest BCUT2D eigenvalue weighted by Gasteiger charge is 2.62. The van der Waals surface area contributed by atoms with Crippen molar-refractivity contribution in [2.45, 2.75) is 51.8 Å². The largest absolute Gasteiger partial charge is 0.378 e. The van der Waals surface area contributed by atoms with Crippen molar-refractivity contribution in [1.29, 1.82) is 0 Å². The Labute approximate surface area is 149 Å². The normalized spacial score (nSPS) is 26.6. The Balaban J connectivity index is 0.00000264. The van der Waals surface area contributed by atoms with E-state index in [1.807, 2.05) is 52.0 Å². The van der Waals surface area contributed by atoms with E-state index in [2.05, 4.69) is 5.32 Å². The maximum atomic E-state index is 12.7. The minimum absolute atomic E-state index is 0. The van der Waals surface area contributed by atoms with Crippen LogP contribution in [0.5, 0.6) is 0 Å². The molecule has 2 rings (SSSR count). The van der Waals surface area contributed by atoms with Crippen molar-refractivity contribution < 1.29 is 9.53 Å². The number of ether oxygens (including phenoxy) is 1. The summed E-state index contributed by atoms with van der Waals surface area (Å²) in [5.41, 5.74) is 6.05. The standard InChI is InChI=1S/C17H25ClN2O2.ClH/c1-5-22-14-10-17(19,16(14,3)4)15(21)20-11(2)12-7-6-8-13(18)9-12;/h6-9,11,14H,5,10,19H2,1-4H3,(H,20,21);1H/t11-,14?,17?;/m1./s1. The summed E-state index contributed by atoms with van der Waals surface area (Å²) in [5.74, 6) is -0.138. The van der Waals surface area contributed by atoms with E-state index >= 15 is 0 Å². The van der Waals surface area contributed by atoms with Gasteiger partial charge in [0, 0.05) is 23.5 Å². The molecule has 0 saturated heterocycles. The van der Waals surface area contributed by atoms with Gasteiger partial charge in [0.1, 0.15) is 5.54 Å². The Kier molecular flexibility index (Phi) is 6.50. The molecular weight excluding hydrogens is 335 g/mol. The highest BCUT2D eigenvalue weighted by atomic mass is 35.5. The van der Waals surface area contributed by atoms with E-state index in [4.69, 9.17) is 22.1 Å². The van der Waals surface area contributed by atoms with E-state index in [0.717, 1.165) is 5.56 Å². The first-order valence-electron chi connectivity index (χ1n) is 7.69. The van der Waals surface area contributed by atoms with Crippen LogP contribution in [0, 0.1) is 5.41 Å². The topological polar surface area (TPSA) is 64.3 Å². The molecule has 0 heterocycles. The molecule has 1 amide bonds. The summed E-state index contributed by atoms with van der Waals surface area (Å²) in [6.45, 7) is 8.48. The number of amides is 1. The van der Waals surface area contributed by atoms with Gasteiger partial charge in [-0.15, -0.1) is 12.4 Å². The Morgan fingerprint density at radius 3 is 2.70 bits per heavy atom. The second-order valence-corrected chi connectivity index (χ2v) is 7.03. The van der Waals surface area contributed by atoms with Gasteiger partial charge in [0.25, 0.3) is 0 Å². The Hall–Kier alpha value is -0.810. The monoisotopic (exact) mass is 360 g/mol. The van der Waals surface area contributed by atoms with Crippen molar-refractivity contribution in [1.82, 2.24) is 5.32 Å². The first-order chi connectivity index (χ1) is 10.2. The van der Waals surface area contributed by atoms with Crippen LogP contribution < -0.4 is 11.1 Å². The summed E-state index contributed by atoms with van der Waals surface area (Å²) in [7, 11) is 0. The summed E-state index contributed by atoms with van der Waals surface area (Å²) in [5, 5.41) is 3.66. The third-order valence-corrected chi connectivity index (χ3v) is 5.17. The molecular formula is C17H26Cl2N2O2. The molecule has 23 heavy (non-hydrogen) atoms. The molecule has 3 N–H and O–H groups in total. The summed E-state index contributed by atoms with van der Waals surface area (Å²) >= 11 is 6.00. The van der Waals surface area contributed by atoms with Gasteiger partial charge >= 0.3 is 0 Å². The van der Waals surface area contributed by atoms with Gasteiger partial charge in [0.2, 0.25) is 5.91 Å². The van der Waals surface area contributed by atoms with Crippen LogP contribution in [0.2, 0.25) is 5.02 Å². The average molecular weight is 361 g/mol. The highest BCUT2D eigenvalue weighted by molar-refractivity contribution is 6.30. The molecule has 1 aromatic rings. The molecule has 1 aliphatic rings. The Morgan fingerprint density at radius 2 is 2.17 bits per heavy atom. The highest BCUT2D eigenvalue weighted by Crippen LogP contribution is 2.50. The molecule has 0 aliphatic heterocycles. The molecule has 1 aromatic carbocycles. The van der Waals surface area contributed by atoms with Gasteiger partial charge in [-0.3, -0.25) is 4.79 Å². The van der Waals surface area contributed by atoms with Gasteiger partial charge in [-0.25, -0.2) is 0 Å². The average Bonchev–Trinajstić information content (AvgIpc) is 2.46. The van der Waals surface area contributed by atoms with Crippen molar-refractivity contribution in [3.8, 4) is 0 Å². The van der Waals surface area contributed by atoms with Crippen LogP contribution in [0.15, 0.2) is 24.3 Å². The van der Waals surface area contributed by atoms with Gasteiger partial charge in [-0.05, 0) is 31.5 Å². The maximum absolute atomic E-state index is 12.7. The fourth-order valence-electron chi connectivity index (χ4n) is 3.01. The molecule has 4 nitrogen and oxygen atoms in total. The summed E-state index contributed by atoms with van der Waals surface area (Å²) < 4.78 is 5.67. The van der Waals surface area contributed by atoms with Gasteiger partial charge in [-0.2, -0.15) is 0 Å². The summed E-state index contributed by atoms with van der Waals surface area (Å²) in [6, 6.07) is 7.33. The quantitative estimate of drug-likeness (QED) is 0.844. The zero-order valence-corrected chi connectivity index (χ0v) is 15.6. The van der Waals surface area contributed by atoms with Crippen molar-refractivity contribution in [3.63, 3.8) is 0 Å². The first-order valence-corrected chi connectivity index (χ1v) is 8.07. The number of nitrogens with one attached hydrogen (secondary N) is 1.